The molecule has 0 aliphatic heterocycles. The van der Waals surface area contributed by atoms with E-state index < -0.39 is 5.41 Å². The van der Waals surface area contributed by atoms with Crippen molar-refractivity contribution in [1.82, 2.24) is 0 Å². The van der Waals surface area contributed by atoms with Crippen LogP contribution in [0.25, 0.3) is 27.8 Å². The van der Waals surface area contributed by atoms with E-state index in [4.69, 9.17) is 0 Å². The van der Waals surface area contributed by atoms with E-state index in [1.54, 1.807) is 0 Å². The second-order valence-electron chi connectivity index (χ2n) is 17.2. The van der Waals surface area contributed by atoms with Crippen LogP contribution in [-0.4, -0.2) is 0 Å². The SMILES string of the molecule is CC1(C)c2ccccc2-c2ccc(N(c3ccc(-c4ccccc4)cc3)c3ccc(C4(c5ccccc5Br)C5=C(C=CCC5C5=CC=CCC5)c5ccccc54)cc3)cc21. The average Bonchev–Trinajstić information content (AvgIpc) is 3.73. The van der Waals surface area contributed by atoms with Gasteiger partial charge in [-0.05, 0) is 129 Å². The fraction of sp³-hybridized carbons (Fsp3) is 0.138. The van der Waals surface area contributed by atoms with Gasteiger partial charge in [0.2, 0.25) is 0 Å². The molecule has 0 saturated carbocycles. The van der Waals surface area contributed by atoms with Gasteiger partial charge in [0, 0.05) is 32.9 Å². The Labute approximate surface area is 362 Å². The first kappa shape index (κ1) is 36.8. The third-order valence-electron chi connectivity index (χ3n) is 13.7. The van der Waals surface area contributed by atoms with Crippen LogP contribution >= 0.6 is 15.9 Å². The lowest BCUT2D eigenvalue weighted by atomic mass is 9.61. The number of hydrogen-bond donors (Lipinski definition) is 0. The van der Waals surface area contributed by atoms with Gasteiger partial charge < -0.3 is 4.90 Å². The molecule has 60 heavy (non-hydrogen) atoms. The summed E-state index contributed by atoms with van der Waals surface area (Å²) >= 11 is 4.11. The lowest BCUT2D eigenvalue weighted by Gasteiger charge is -2.41. The molecule has 0 heterocycles. The second-order valence-corrected chi connectivity index (χ2v) is 18.1. The van der Waals surface area contributed by atoms with Crippen LogP contribution in [0.5, 0.6) is 0 Å². The molecule has 0 saturated heterocycles. The molecule has 7 aromatic carbocycles. The molecule has 0 fully saturated rings. The van der Waals surface area contributed by atoms with Gasteiger partial charge in [-0.25, -0.2) is 0 Å². The Morgan fingerprint density at radius 2 is 1.17 bits per heavy atom. The number of rotatable bonds is 7. The van der Waals surface area contributed by atoms with Crippen LogP contribution < -0.4 is 4.90 Å². The minimum Gasteiger partial charge on any atom is -0.310 e. The van der Waals surface area contributed by atoms with Crippen LogP contribution in [0.4, 0.5) is 17.1 Å². The van der Waals surface area contributed by atoms with Gasteiger partial charge >= 0.3 is 0 Å². The molecule has 0 amide bonds. The van der Waals surface area contributed by atoms with Crippen molar-refractivity contribution in [3.63, 3.8) is 0 Å². The maximum absolute atomic E-state index is 4.11. The Bertz CT molecular complexity index is 2930. The lowest BCUT2D eigenvalue weighted by molar-refractivity contribution is 0.583. The lowest BCUT2D eigenvalue weighted by Crippen LogP contribution is -2.34. The number of halogens is 1. The summed E-state index contributed by atoms with van der Waals surface area (Å²) in [4.78, 5) is 2.45. The minimum absolute atomic E-state index is 0.111. The number of benzene rings is 7. The summed E-state index contributed by atoms with van der Waals surface area (Å²) in [7, 11) is 0. The molecule has 2 heteroatoms. The van der Waals surface area contributed by atoms with Gasteiger partial charge in [0.25, 0.3) is 0 Å². The summed E-state index contributed by atoms with van der Waals surface area (Å²) in [6.07, 6.45) is 15.0. The summed E-state index contributed by atoms with van der Waals surface area (Å²) in [6.45, 7) is 4.73. The fourth-order valence-corrected chi connectivity index (χ4v) is 11.5. The highest BCUT2D eigenvalue weighted by Gasteiger charge is 2.51. The van der Waals surface area contributed by atoms with Gasteiger partial charge in [-0.1, -0.05) is 193 Å². The van der Waals surface area contributed by atoms with Crippen LogP contribution in [0.1, 0.15) is 66.5 Å². The number of nitrogens with zero attached hydrogens (tertiary/aromatic N) is 1. The Hall–Kier alpha value is -6.22. The van der Waals surface area contributed by atoms with Crippen molar-refractivity contribution in [1.29, 1.82) is 0 Å². The zero-order valence-electron chi connectivity index (χ0n) is 34.1. The summed E-state index contributed by atoms with van der Waals surface area (Å²) in [5, 5.41) is 0. The van der Waals surface area contributed by atoms with Crippen molar-refractivity contribution in [2.24, 2.45) is 5.92 Å². The Morgan fingerprint density at radius 3 is 1.90 bits per heavy atom. The van der Waals surface area contributed by atoms with Crippen molar-refractivity contribution >= 4 is 38.6 Å². The number of allylic oxidation sites excluding steroid dienone is 8. The number of hydrogen-bond acceptors (Lipinski definition) is 1. The van der Waals surface area contributed by atoms with E-state index >= 15 is 0 Å². The van der Waals surface area contributed by atoms with Crippen molar-refractivity contribution in [2.45, 2.75) is 43.9 Å². The smallest absolute Gasteiger partial charge is 0.0693 e. The van der Waals surface area contributed by atoms with E-state index in [2.05, 4.69) is 235 Å². The first-order valence-electron chi connectivity index (χ1n) is 21.4. The van der Waals surface area contributed by atoms with Gasteiger partial charge in [-0.3, -0.25) is 0 Å². The topological polar surface area (TPSA) is 3.24 Å². The maximum Gasteiger partial charge on any atom is 0.0693 e. The molecule has 0 N–H and O–H groups in total. The second kappa shape index (κ2) is 14.5. The highest BCUT2D eigenvalue weighted by molar-refractivity contribution is 9.10. The van der Waals surface area contributed by atoms with Crippen molar-refractivity contribution < 1.29 is 0 Å². The van der Waals surface area contributed by atoms with Gasteiger partial charge in [0.05, 0.1) is 5.41 Å². The molecular weight excluding hydrogens is 791 g/mol. The predicted octanol–water partition coefficient (Wildman–Crippen LogP) is 15.8. The highest BCUT2D eigenvalue weighted by Crippen LogP contribution is 2.61. The molecule has 11 rings (SSSR count). The Kier molecular flexibility index (Phi) is 8.90. The van der Waals surface area contributed by atoms with Crippen LogP contribution in [-0.2, 0) is 10.8 Å². The molecule has 0 radical (unpaired) electrons. The van der Waals surface area contributed by atoms with Gasteiger partial charge in [-0.15, -0.1) is 0 Å². The summed E-state index contributed by atoms with van der Waals surface area (Å²) in [6, 6.07) is 63.4. The Morgan fingerprint density at radius 1 is 0.550 bits per heavy atom. The van der Waals surface area contributed by atoms with E-state index in [1.807, 2.05) is 0 Å². The fourth-order valence-electron chi connectivity index (χ4n) is 10.9. The summed E-state index contributed by atoms with van der Waals surface area (Å²) in [5.41, 5.74) is 20.3. The monoisotopic (exact) mass is 835 g/mol. The maximum atomic E-state index is 4.11. The van der Waals surface area contributed by atoms with E-state index in [9.17, 15) is 0 Å². The molecule has 0 spiro atoms. The van der Waals surface area contributed by atoms with Crippen LogP contribution in [0.15, 0.2) is 216 Å². The molecule has 0 aromatic heterocycles. The normalized spacial score (nSPS) is 19.3. The molecule has 2 atom stereocenters. The molecular formula is C58H46BrN. The van der Waals surface area contributed by atoms with Crippen molar-refractivity contribution in [2.75, 3.05) is 4.90 Å². The molecule has 4 aliphatic rings. The largest absolute Gasteiger partial charge is 0.310 e. The molecule has 4 aliphatic carbocycles. The zero-order chi connectivity index (χ0) is 40.4. The molecule has 2 unspecified atom stereocenters. The summed E-state index contributed by atoms with van der Waals surface area (Å²) in [5.74, 6) is 0.299. The third kappa shape index (κ3) is 5.65. The third-order valence-corrected chi connectivity index (χ3v) is 14.4. The summed E-state index contributed by atoms with van der Waals surface area (Å²) < 4.78 is 1.13. The average molecular weight is 837 g/mol. The van der Waals surface area contributed by atoms with Gasteiger partial charge in [-0.2, -0.15) is 0 Å². The van der Waals surface area contributed by atoms with E-state index in [0.29, 0.717) is 5.92 Å². The predicted molar refractivity (Wildman–Crippen MR) is 255 cm³/mol. The van der Waals surface area contributed by atoms with Crippen LogP contribution in [0.3, 0.4) is 0 Å². The van der Waals surface area contributed by atoms with Crippen LogP contribution in [0.2, 0.25) is 0 Å². The number of fused-ring (bicyclic) bond motifs is 5. The highest BCUT2D eigenvalue weighted by atomic mass is 79.9. The first-order chi connectivity index (χ1) is 29.4. The van der Waals surface area contributed by atoms with Gasteiger partial charge in [0.15, 0.2) is 0 Å². The molecule has 7 aromatic rings. The van der Waals surface area contributed by atoms with Crippen molar-refractivity contribution in [3.05, 3.63) is 249 Å². The zero-order valence-corrected chi connectivity index (χ0v) is 35.7. The van der Waals surface area contributed by atoms with Gasteiger partial charge in [0.1, 0.15) is 0 Å². The molecule has 0 bridgehead atoms. The van der Waals surface area contributed by atoms with Crippen LogP contribution in [0, 0.1) is 5.92 Å². The first-order valence-corrected chi connectivity index (χ1v) is 22.2. The van der Waals surface area contributed by atoms with E-state index in [-0.39, 0.29) is 5.41 Å². The molecule has 290 valence electrons. The Balaban J connectivity index is 1.10. The quantitative estimate of drug-likeness (QED) is 0.155. The minimum atomic E-state index is -0.493. The van der Waals surface area contributed by atoms with Crippen molar-refractivity contribution in [3.8, 4) is 22.3 Å². The standard InChI is InChI=1S/C58H46BrN/c1-57(2)51-24-11-9-20-47(51)49-37-36-45(38-54(49)57)60(43-32-28-40(29-33-43)39-16-5-3-6-17-39)44-34-30-42(31-35-44)58(53-26-13-14-27-55(53)59)52-25-12-10-21-48(52)50-23-15-22-46(56(50)58)41-18-7-4-8-19-41/h3-7,9-18,20-21,23-38,46H,8,19,22H2,1-2H3. The van der Waals surface area contributed by atoms with E-state index in [0.717, 1.165) is 40.8 Å². The number of anilines is 3. The van der Waals surface area contributed by atoms with E-state index in [1.165, 1.54) is 72.4 Å². The molecule has 1 nitrogen and oxygen atoms in total.